The van der Waals surface area contributed by atoms with Crippen molar-refractivity contribution in [2.45, 2.75) is 32.7 Å². The number of amides is 1. The number of hydrogen-bond acceptors (Lipinski definition) is 5. The molecule has 178 valence electrons. The molecule has 0 spiro atoms. The molecular weight excluding hydrogens is 445 g/mol. The number of halogens is 1. The second-order valence-electron chi connectivity index (χ2n) is 9.08. The van der Waals surface area contributed by atoms with Crippen molar-refractivity contribution in [3.05, 3.63) is 64.9 Å². The van der Waals surface area contributed by atoms with Crippen molar-refractivity contribution in [3.8, 4) is 23.1 Å². The Bertz CT molecular complexity index is 1510. The van der Waals surface area contributed by atoms with Crippen molar-refractivity contribution < 1.29 is 9.18 Å². The number of carbonyl (C=O) groups excluding carboxylic acids is 1. The summed E-state index contributed by atoms with van der Waals surface area (Å²) < 4.78 is 18.3. The molecule has 1 atom stereocenters. The third-order valence-electron chi connectivity index (χ3n) is 6.77. The van der Waals surface area contributed by atoms with Gasteiger partial charge in [-0.2, -0.15) is 10.4 Å². The summed E-state index contributed by atoms with van der Waals surface area (Å²) >= 11 is 0. The average molecular weight is 472 g/mol. The quantitative estimate of drug-likeness (QED) is 0.491. The Hall–Kier alpha value is -4.03. The zero-order chi connectivity index (χ0) is 24.9. The minimum Gasteiger partial charge on any atom is -0.336 e. The number of fused-ring (bicyclic) bond motifs is 1. The predicted octanol–water partition coefficient (Wildman–Crippen LogP) is 3.62. The van der Waals surface area contributed by atoms with Crippen molar-refractivity contribution >= 4 is 16.8 Å². The molecule has 9 heteroatoms. The standard InChI is InChI=1S/C26H26FN7O/c1-15-21-12-20(8-9-23(21)31-32(15)3)34-16(2)24(26(35)33-10-4-5-19(29)14-33)30-25(34)17-6-7-18(13-28)22(27)11-17/h6-9,11-12,19H,4-5,10,14,29H2,1-3H3/t19-/m1/s1. The van der Waals surface area contributed by atoms with Crippen LogP contribution in [0.1, 0.15) is 40.3 Å². The number of piperidine rings is 1. The first kappa shape index (κ1) is 22.7. The normalized spacial score (nSPS) is 16.0. The lowest BCUT2D eigenvalue weighted by Crippen LogP contribution is -2.46. The number of aromatic nitrogens is 4. The fourth-order valence-electron chi connectivity index (χ4n) is 4.75. The van der Waals surface area contributed by atoms with Crippen LogP contribution in [0, 0.1) is 31.0 Å². The molecule has 0 bridgehead atoms. The van der Waals surface area contributed by atoms with Gasteiger partial charge in [0.1, 0.15) is 23.4 Å². The molecule has 1 amide bonds. The van der Waals surface area contributed by atoms with E-state index in [1.165, 1.54) is 12.1 Å². The number of imidazole rings is 1. The maximum absolute atomic E-state index is 14.6. The number of hydrogen-bond donors (Lipinski definition) is 1. The molecule has 5 rings (SSSR count). The van der Waals surface area contributed by atoms with E-state index >= 15 is 0 Å². The van der Waals surface area contributed by atoms with Crippen LogP contribution in [0.15, 0.2) is 36.4 Å². The molecule has 0 unspecified atom stereocenters. The molecular formula is C26H26FN7O. The lowest BCUT2D eigenvalue weighted by atomic mass is 10.1. The van der Waals surface area contributed by atoms with E-state index in [4.69, 9.17) is 16.0 Å². The zero-order valence-corrected chi connectivity index (χ0v) is 19.9. The van der Waals surface area contributed by atoms with Crippen molar-refractivity contribution in [1.29, 1.82) is 5.26 Å². The fourth-order valence-corrected chi connectivity index (χ4v) is 4.75. The fraction of sp³-hybridized carbons (Fsp3) is 0.308. The molecule has 35 heavy (non-hydrogen) atoms. The summed E-state index contributed by atoms with van der Waals surface area (Å²) in [4.78, 5) is 20.0. The Balaban J connectivity index is 1.70. The summed E-state index contributed by atoms with van der Waals surface area (Å²) in [5.41, 5.74) is 10.1. The van der Waals surface area contributed by atoms with Gasteiger partial charge in [0, 0.05) is 48.5 Å². The minimum atomic E-state index is -0.634. The monoisotopic (exact) mass is 471 g/mol. The Kier molecular flexibility index (Phi) is 5.61. The molecule has 0 saturated carbocycles. The van der Waals surface area contributed by atoms with Gasteiger partial charge in [0.2, 0.25) is 0 Å². The second kappa shape index (κ2) is 8.64. The van der Waals surface area contributed by atoms with Gasteiger partial charge in [-0.25, -0.2) is 9.37 Å². The molecule has 1 saturated heterocycles. The van der Waals surface area contributed by atoms with E-state index in [0.29, 0.717) is 35.9 Å². The Morgan fingerprint density at radius 1 is 1.20 bits per heavy atom. The highest BCUT2D eigenvalue weighted by atomic mass is 19.1. The van der Waals surface area contributed by atoms with Gasteiger partial charge in [0.05, 0.1) is 16.8 Å². The highest BCUT2D eigenvalue weighted by Crippen LogP contribution is 2.31. The van der Waals surface area contributed by atoms with Gasteiger partial charge in [-0.05, 0) is 63.1 Å². The number of nitrogens with two attached hydrogens (primary N) is 1. The topological polar surface area (TPSA) is 106 Å². The molecule has 8 nitrogen and oxygen atoms in total. The van der Waals surface area contributed by atoms with Gasteiger partial charge in [-0.3, -0.25) is 14.0 Å². The number of nitriles is 1. The number of nitrogens with zero attached hydrogens (tertiary/aromatic N) is 6. The first-order valence-electron chi connectivity index (χ1n) is 11.6. The lowest BCUT2D eigenvalue weighted by molar-refractivity contribution is 0.0702. The van der Waals surface area contributed by atoms with E-state index in [0.717, 1.165) is 35.1 Å². The van der Waals surface area contributed by atoms with Crippen molar-refractivity contribution in [2.24, 2.45) is 12.8 Å². The van der Waals surface area contributed by atoms with Gasteiger partial charge < -0.3 is 10.6 Å². The summed E-state index contributed by atoms with van der Waals surface area (Å²) in [5, 5.41) is 14.6. The molecule has 3 heterocycles. The Morgan fingerprint density at radius 2 is 2.00 bits per heavy atom. The van der Waals surface area contributed by atoms with E-state index in [1.807, 2.05) is 54.4 Å². The van der Waals surface area contributed by atoms with Crippen molar-refractivity contribution in [2.75, 3.05) is 13.1 Å². The summed E-state index contributed by atoms with van der Waals surface area (Å²) in [7, 11) is 1.89. The molecule has 2 aromatic heterocycles. The van der Waals surface area contributed by atoms with Gasteiger partial charge in [-0.1, -0.05) is 0 Å². The number of benzene rings is 2. The van der Waals surface area contributed by atoms with Crippen LogP contribution in [-0.4, -0.2) is 49.3 Å². The highest BCUT2D eigenvalue weighted by molar-refractivity contribution is 5.95. The molecule has 1 fully saturated rings. The maximum Gasteiger partial charge on any atom is 0.274 e. The second-order valence-corrected chi connectivity index (χ2v) is 9.08. The molecule has 1 aliphatic rings. The van der Waals surface area contributed by atoms with Gasteiger partial charge in [0.25, 0.3) is 5.91 Å². The largest absolute Gasteiger partial charge is 0.336 e. The van der Waals surface area contributed by atoms with Crippen LogP contribution < -0.4 is 5.73 Å². The lowest BCUT2D eigenvalue weighted by Gasteiger charge is -2.30. The molecule has 0 aliphatic carbocycles. The SMILES string of the molecule is Cc1c2cc(-n3c(-c4ccc(C#N)c(F)c4)nc(C(=O)N4CCC[C@@H](N)C4)c3C)ccc2nn1C. The first-order chi connectivity index (χ1) is 16.8. The van der Waals surface area contributed by atoms with Crippen LogP contribution in [0.2, 0.25) is 0 Å². The molecule has 2 N–H and O–H groups in total. The van der Waals surface area contributed by atoms with Crippen LogP contribution >= 0.6 is 0 Å². The van der Waals surface area contributed by atoms with Crippen LogP contribution in [0.3, 0.4) is 0 Å². The van der Waals surface area contributed by atoms with Crippen LogP contribution in [0.5, 0.6) is 0 Å². The highest BCUT2D eigenvalue weighted by Gasteiger charge is 2.28. The Labute approximate surface area is 202 Å². The van der Waals surface area contributed by atoms with E-state index < -0.39 is 5.82 Å². The van der Waals surface area contributed by atoms with Crippen molar-refractivity contribution in [3.63, 3.8) is 0 Å². The van der Waals surface area contributed by atoms with Gasteiger partial charge >= 0.3 is 0 Å². The van der Waals surface area contributed by atoms with E-state index in [-0.39, 0.29) is 17.5 Å². The average Bonchev–Trinajstić information content (AvgIpc) is 3.34. The van der Waals surface area contributed by atoms with E-state index in [1.54, 1.807) is 11.0 Å². The summed E-state index contributed by atoms with van der Waals surface area (Å²) in [6.07, 6.45) is 1.73. The zero-order valence-electron chi connectivity index (χ0n) is 19.9. The summed E-state index contributed by atoms with van der Waals surface area (Å²) in [5.74, 6) is -0.396. The Morgan fingerprint density at radius 3 is 2.71 bits per heavy atom. The van der Waals surface area contributed by atoms with E-state index in [2.05, 4.69) is 5.10 Å². The minimum absolute atomic E-state index is 0.0467. The first-order valence-corrected chi connectivity index (χ1v) is 11.6. The number of carbonyl (C=O) groups is 1. The van der Waals surface area contributed by atoms with Crippen LogP contribution in [0.25, 0.3) is 28.0 Å². The van der Waals surface area contributed by atoms with Gasteiger partial charge in [0.15, 0.2) is 0 Å². The third-order valence-corrected chi connectivity index (χ3v) is 6.77. The number of likely N-dealkylation sites (tertiary alicyclic amines) is 1. The molecule has 4 aromatic rings. The number of aryl methyl sites for hydroxylation is 2. The van der Waals surface area contributed by atoms with Gasteiger partial charge in [-0.15, -0.1) is 0 Å². The number of rotatable bonds is 3. The summed E-state index contributed by atoms with van der Waals surface area (Å²) in [6.45, 7) is 4.94. The smallest absolute Gasteiger partial charge is 0.274 e. The maximum atomic E-state index is 14.6. The molecule has 0 radical (unpaired) electrons. The summed E-state index contributed by atoms with van der Waals surface area (Å²) in [6, 6.07) is 12.0. The van der Waals surface area contributed by atoms with Crippen LogP contribution in [0.4, 0.5) is 4.39 Å². The van der Waals surface area contributed by atoms with E-state index in [9.17, 15) is 9.18 Å². The third kappa shape index (κ3) is 3.86. The van der Waals surface area contributed by atoms with Crippen LogP contribution in [-0.2, 0) is 7.05 Å². The van der Waals surface area contributed by atoms with Crippen molar-refractivity contribution in [1.82, 2.24) is 24.2 Å². The molecule has 2 aromatic carbocycles. The predicted molar refractivity (Wildman–Crippen MR) is 131 cm³/mol. The molecule has 1 aliphatic heterocycles.